The highest BCUT2D eigenvalue weighted by atomic mass is 35.5. The molecule has 5 heteroatoms. The molecule has 21 heavy (non-hydrogen) atoms. The van der Waals surface area contributed by atoms with Gasteiger partial charge in [-0.2, -0.15) is 0 Å². The molecule has 0 aliphatic rings. The number of hydrogen-bond donors (Lipinski definition) is 1. The molecule has 1 unspecified atom stereocenters. The second kappa shape index (κ2) is 11.8. The van der Waals surface area contributed by atoms with Crippen molar-refractivity contribution in [2.75, 3.05) is 0 Å². The van der Waals surface area contributed by atoms with Crippen LogP contribution in [-0.4, -0.2) is 16.9 Å². The van der Waals surface area contributed by atoms with Crippen molar-refractivity contribution in [1.82, 2.24) is 0 Å². The van der Waals surface area contributed by atoms with Crippen molar-refractivity contribution in [2.24, 2.45) is 5.73 Å². The average Bonchev–Trinajstić information content (AvgIpc) is 2.45. The van der Waals surface area contributed by atoms with Crippen molar-refractivity contribution < 1.29 is 14.3 Å². The highest BCUT2D eigenvalue weighted by Crippen LogP contribution is 2.22. The Labute approximate surface area is 133 Å². The highest BCUT2D eigenvalue weighted by Gasteiger charge is 2.36. The summed E-state index contributed by atoms with van der Waals surface area (Å²) in [5, 5.41) is -1.68. The first-order valence-corrected chi connectivity index (χ1v) is 8.54. The Morgan fingerprint density at radius 1 is 0.952 bits per heavy atom. The number of unbranched alkanes of at least 4 members (excludes halogenated alkanes) is 8. The van der Waals surface area contributed by atoms with E-state index in [9.17, 15) is 9.59 Å². The number of amides is 1. The van der Waals surface area contributed by atoms with Gasteiger partial charge in [0.2, 0.25) is 0 Å². The van der Waals surface area contributed by atoms with Crippen LogP contribution < -0.4 is 5.73 Å². The van der Waals surface area contributed by atoms with Crippen molar-refractivity contribution in [1.29, 1.82) is 0 Å². The third-order valence-corrected chi connectivity index (χ3v) is 4.11. The van der Waals surface area contributed by atoms with Crippen LogP contribution in [0.1, 0.15) is 84.5 Å². The van der Waals surface area contributed by atoms with Gasteiger partial charge < -0.3 is 10.5 Å². The van der Waals surface area contributed by atoms with E-state index in [4.69, 9.17) is 22.1 Å². The van der Waals surface area contributed by atoms with E-state index >= 15 is 0 Å². The number of ether oxygens (including phenoxy) is 1. The quantitative estimate of drug-likeness (QED) is 0.313. The summed E-state index contributed by atoms with van der Waals surface area (Å²) in [5.41, 5.74) is 5.13. The van der Waals surface area contributed by atoms with Gasteiger partial charge in [0, 0.05) is 12.8 Å². The molecule has 2 N–H and O–H groups in total. The van der Waals surface area contributed by atoms with Crippen molar-refractivity contribution >= 4 is 23.5 Å². The first-order chi connectivity index (χ1) is 9.96. The number of carbonyl (C=O) groups excluding carboxylic acids is 2. The van der Waals surface area contributed by atoms with E-state index in [1.165, 1.54) is 38.5 Å². The molecular formula is C16H30ClNO3. The summed E-state index contributed by atoms with van der Waals surface area (Å²) in [6, 6.07) is 0. The summed E-state index contributed by atoms with van der Waals surface area (Å²) < 4.78 is 4.97. The zero-order valence-electron chi connectivity index (χ0n) is 13.5. The smallest absolute Gasteiger partial charge is 0.307 e. The van der Waals surface area contributed by atoms with Crippen LogP contribution in [-0.2, 0) is 14.3 Å². The molecule has 0 rings (SSSR count). The fraction of sp³-hybridized carbons (Fsp3) is 0.875. The molecule has 1 atom stereocenters. The van der Waals surface area contributed by atoms with Crippen LogP contribution in [0.25, 0.3) is 0 Å². The number of alkyl halides is 1. The van der Waals surface area contributed by atoms with E-state index < -0.39 is 16.9 Å². The van der Waals surface area contributed by atoms with Crippen LogP contribution in [0.2, 0.25) is 0 Å². The van der Waals surface area contributed by atoms with Crippen LogP contribution in [0.5, 0.6) is 0 Å². The molecule has 0 aliphatic carbocycles. The predicted molar refractivity (Wildman–Crippen MR) is 86.0 cm³/mol. The Bertz CT molecular complexity index is 310. The number of carbonyl (C=O) groups is 2. The minimum atomic E-state index is -1.68. The van der Waals surface area contributed by atoms with Gasteiger partial charge in [-0.3, -0.25) is 9.59 Å². The van der Waals surface area contributed by atoms with Crippen LogP contribution in [0, 0.1) is 0 Å². The van der Waals surface area contributed by atoms with Gasteiger partial charge in [-0.05, 0) is 6.42 Å². The zero-order chi connectivity index (χ0) is 16.1. The minimum absolute atomic E-state index is 0.174. The van der Waals surface area contributed by atoms with Gasteiger partial charge >= 0.3 is 5.97 Å². The van der Waals surface area contributed by atoms with Gasteiger partial charge in [-0.1, -0.05) is 76.8 Å². The maximum atomic E-state index is 11.6. The van der Waals surface area contributed by atoms with Crippen LogP contribution in [0.4, 0.5) is 0 Å². The summed E-state index contributed by atoms with van der Waals surface area (Å²) in [7, 11) is 0. The van der Waals surface area contributed by atoms with Gasteiger partial charge in [-0.25, -0.2) is 0 Å². The fourth-order valence-corrected chi connectivity index (χ4v) is 2.19. The lowest BCUT2D eigenvalue weighted by atomic mass is 10.1. The molecule has 0 aromatic rings. The van der Waals surface area contributed by atoms with Gasteiger partial charge in [0.15, 0.2) is 0 Å². The maximum absolute atomic E-state index is 11.6. The zero-order valence-corrected chi connectivity index (χ0v) is 14.2. The Hall–Kier alpha value is -0.770. The average molecular weight is 320 g/mol. The van der Waals surface area contributed by atoms with Gasteiger partial charge in [-0.15, -0.1) is 0 Å². The lowest BCUT2D eigenvalue weighted by Gasteiger charge is -2.21. The number of nitrogens with two attached hydrogens (primary N) is 1. The molecule has 0 aromatic carbocycles. The second-order valence-electron chi connectivity index (χ2n) is 5.50. The van der Waals surface area contributed by atoms with Crippen LogP contribution in [0.3, 0.4) is 0 Å². The van der Waals surface area contributed by atoms with Crippen molar-refractivity contribution in [3.8, 4) is 0 Å². The molecule has 0 radical (unpaired) electrons. The van der Waals surface area contributed by atoms with E-state index in [1.807, 2.05) is 0 Å². The summed E-state index contributed by atoms with van der Waals surface area (Å²) in [4.78, 5) is 22.7. The van der Waals surface area contributed by atoms with Crippen molar-refractivity contribution in [3.05, 3.63) is 0 Å². The molecule has 0 bridgehead atoms. The first-order valence-electron chi connectivity index (χ1n) is 8.17. The van der Waals surface area contributed by atoms with E-state index in [0.29, 0.717) is 0 Å². The Morgan fingerprint density at radius 3 is 1.86 bits per heavy atom. The molecule has 0 aliphatic heterocycles. The number of hydrogen-bond acceptors (Lipinski definition) is 3. The minimum Gasteiger partial charge on any atom is -0.433 e. The molecule has 124 valence electrons. The van der Waals surface area contributed by atoms with Crippen LogP contribution >= 0.6 is 11.6 Å². The third-order valence-electron chi connectivity index (χ3n) is 3.58. The number of rotatable bonds is 13. The molecule has 0 saturated heterocycles. The van der Waals surface area contributed by atoms with Gasteiger partial charge in [0.05, 0.1) is 0 Å². The number of esters is 1. The van der Waals surface area contributed by atoms with E-state index in [2.05, 4.69) is 6.92 Å². The molecule has 1 amide bonds. The third kappa shape index (κ3) is 9.72. The standard InChI is InChI=1S/C16H30ClNO3/c1-3-5-6-7-8-9-10-11-12-13-14(19)21-16(17,4-2)15(18)20/h3-13H2,1-2H3,(H2,18,20). The molecular weight excluding hydrogens is 290 g/mol. The second-order valence-corrected chi connectivity index (χ2v) is 6.11. The molecule has 0 saturated carbocycles. The molecule has 0 fully saturated rings. The highest BCUT2D eigenvalue weighted by molar-refractivity contribution is 6.33. The van der Waals surface area contributed by atoms with E-state index in [1.54, 1.807) is 6.92 Å². The Balaban J connectivity index is 3.60. The summed E-state index contributed by atoms with van der Waals surface area (Å²) in [5.74, 6) is -1.26. The van der Waals surface area contributed by atoms with Gasteiger partial charge in [0.1, 0.15) is 0 Å². The van der Waals surface area contributed by atoms with Crippen molar-refractivity contribution in [2.45, 2.75) is 89.5 Å². The van der Waals surface area contributed by atoms with E-state index in [-0.39, 0.29) is 12.8 Å². The maximum Gasteiger partial charge on any atom is 0.307 e. The monoisotopic (exact) mass is 319 g/mol. The fourth-order valence-electron chi connectivity index (χ4n) is 2.11. The first kappa shape index (κ1) is 20.2. The molecule has 0 aromatic heterocycles. The van der Waals surface area contributed by atoms with Crippen LogP contribution in [0.15, 0.2) is 0 Å². The lowest BCUT2D eigenvalue weighted by molar-refractivity contribution is -0.159. The number of primary amides is 1. The number of halogens is 1. The lowest BCUT2D eigenvalue weighted by Crippen LogP contribution is -2.42. The van der Waals surface area contributed by atoms with Crippen molar-refractivity contribution in [3.63, 3.8) is 0 Å². The van der Waals surface area contributed by atoms with Gasteiger partial charge in [0.25, 0.3) is 11.0 Å². The van der Waals surface area contributed by atoms with E-state index in [0.717, 1.165) is 19.3 Å². The molecule has 0 heterocycles. The summed E-state index contributed by atoms with van der Waals surface area (Å²) >= 11 is 5.86. The predicted octanol–water partition coefficient (Wildman–Crippen LogP) is 4.28. The largest absolute Gasteiger partial charge is 0.433 e. The SMILES string of the molecule is CCCCCCCCCCCC(=O)OC(Cl)(CC)C(N)=O. The Kier molecular flexibility index (Phi) is 11.4. The molecule has 0 spiro atoms. The normalized spacial score (nSPS) is 13.7. The molecule has 4 nitrogen and oxygen atoms in total. The topological polar surface area (TPSA) is 69.4 Å². The summed E-state index contributed by atoms with van der Waals surface area (Å²) in [6.45, 7) is 3.87. The summed E-state index contributed by atoms with van der Waals surface area (Å²) in [6.07, 6.45) is 11.1. The Morgan fingerprint density at radius 2 is 1.43 bits per heavy atom.